The molecule has 1 aliphatic heterocycles. The number of hydrogen-bond acceptors (Lipinski definition) is 10. The third kappa shape index (κ3) is 9.72. The summed E-state index contributed by atoms with van der Waals surface area (Å²) in [6.07, 6.45) is 2.26. The number of methoxy groups -OCH3 is 1. The van der Waals surface area contributed by atoms with Gasteiger partial charge in [-0.2, -0.15) is 0 Å². The van der Waals surface area contributed by atoms with E-state index in [2.05, 4.69) is 24.1 Å². The number of pyridine rings is 1. The lowest BCUT2D eigenvalue weighted by Gasteiger charge is -2.31. The molecule has 4 unspecified atom stereocenters. The Labute approximate surface area is 240 Å². The number of ether oxygens (including phenoxy) is 6. The number of nitrogens with zero attached hydrogens (tertiary/aromatic N) is 1. The second-order valence-corrected chi connectivity index (χ2v) is 10.3. The molecule has 11 heteroatoms. The van der Waals surface area contributed by atoms with E-state index in [1.165, 1.54) is 26.3 Å². The second-order valence-electron chi connectivity index (χ2n) is 10.3. The number of carbonyl (C=O) groups is 3. The van der Waals surface area contributed by atoms with Crippen LogP contribution in [0.2, 0.25) is 0 Å². The molecule has 1 amide bonds. The van der Waals surface area contributed by atoms with Crippen LogP contribution in [0, 0.1) is 11.8 Å². The quantitative estimate of drug-likeness (QED) is 0.297. The van der Waals surface area contributed by atoms with Gasteiger partial charge in [0, 0.05) is 25.1 Å². The molecule has 11 nitrogen and oxygen atoms in total. The first-order chi connectivity index (χ1) is 19.7. The molecule has 1 aromatic heterocycles. The first-order valence-corrected chi connectivity index (χ1v) is 13.7. The van der Waals surface area contributed by atoms with Crippen molar-refractivity contribution in [2.24, 2.45) is 11.8 Å². The predicted octanol–water partition coefficient (Wildman–Crippen LogP) is 3.69. The van der Waals surface area contributed by atoms with Crippen LogP contribution in [-0.4, -0.2) is 68.2 Å². The third-order valence-electron chi connectivity index (χ3n) is 6.69. The molecule has 41 heavy (non-hydrogen) atoms. The number of carbonyl (C=O) groups excluding carboxylic acids is 3. The molecule has 224 valence electrons. The van der Waals surface area contributed by atoms with Crippen LogP contribution in [0.3, 0.4) is 0 Å². The number of nitrogens with one attached hydrogen (secondary N) is 1. The van der Waals surface area contributed by atoms with Crippen LogP contribution in [0.4, 0.5) is 0 Å². The Bertz CT molecular complexity index is 1140. The molecule has 2 aromatic rings. The lowest BCUT2D eigenvalue weighted by atomic mass is 9.89. The number of amides is 1. The van der Waals surface area contributed by atoms with Gasteiger partial charge >= 0.3 is 11.9 Å². The highest BCUT2D eigenvalue weighted by Crippen LogP contribution is 2.30. The molecular formula is C30H40N2O9. The summed E-state index contributed by atoms with van der Waals surface area (Å²) in [5, 5.41) is 2.64. The standard InChI is InChI=1S/C30H40N2O9/c1-19(2)11-12-23-20(3)41-30(35)24(16-37-17-26(23)38-15-22-9-7-6-8-10-22)32-29(34)27-28(40-18-39-21(4)33)25(36-5)13-14-31-27/h6-10,13-14,19-20,23-24,26H,11-12,15-18H2,1-5H3,(H,32,34). The average Bonchev–Trinajstić information content (AvgIpc) is 2.99. The molecule has 1 saturated heterocycles. The Morgan fingerprint density at radius 1 is 1.15 bits per heavy atom. The van der Waals surface area contributed by atoms with Crippen LogP contribution in [0.25, 0.3) is 0 Å². The fourth-order valence-electron chi connectivity index (χ4n) is 4.44. The molecule has 0 aliphatic carbocycles. The molecule has 1 aliphatic rings. The maximum Gasteiger partial charge on any atom is 0.331 e. The summed E-state index contributed by atoms with van der Waals surface area (Å²) in [5.74, 6) is -1.40. The third-order valence-corrected chi connectivity index (χ3v) is 6.69. The van der Waals surface area contributed by atoms with Crippen molar-refractivity contribution >= 4 is 17.8 Å². The van der Waals surface area contributed by atoms with Crippen molar-refractivity contribution in [3.05, 3.63) is 53.9 Å². The number of cyclic esters (lactones) is 1. The van der Waals surface area contributed by atoms with Gasteiger partial charge in [-0.3, -0.25) is 9.59 Å². The number of rotatable bonds is 12. The minimum absolute atomic E-state index is 0.0393. The Kier molecular flexibility index (Phi) is 12.4. The zero-order chi connectivity index (χ0) is 29.8. The van der Waals surface area contributed by atoms with Crippen LogP contribution in [0.15, 0.2) is 42.6 Å². The van der Waals surface area contributed by atoms with Gasteiger partial charge in [-0.15, -0.1) is 0 Å². The molecule has 0 radical (unpaired) electrons. The van der Waals surface area contributed by atoms with Crippen molar-refractivity contribution in [3.8, 4) is 11.5 Å². The van der Waals surface area contributed by atoms with Gasteiger partial charge in [-0.1, -0.05) is 50.6 Å². The topological polar surface area (TPSA) is 132 Å². The van der Waals surface area contributed by atoms with E-state index < -0.39 is 36.8 Å². The summed E-state index contributed by atoms with van der Waals surface area (Å²) in [5.41, 5.74) is 0.874. The lowest BCUT2D eigenvalue weighted by Crippen LogP contribution is -2.46. The van der Waals surface area contributed by atoms with Gasteiger partial charge < -0.3 is 33.7 Å². The fraction of sp³-hybridized carbons (Fsp3) is 0.533. The second kappa shape index (κ2) is 15.9. The highest BCUT2D eigenvalue weighted by molar-refractivity contribution is 5.98. The largest absolute Gasteiger partial charge is 0.493 e. The summed E-state index contributed by atoms with van der Waals surface area (Å²) in [4.78, 5) is 41.8. The summed E-state index contributed by atoms with van der Waals surface area (Å²) in [6, 6.07) is 10.2. The van der Waals surface area contributed by atoms with Crippen molar-refractivity contribution in [3.63, 3.8) is 0 Å². The molecule has 0 bridgehead atoms. The van der Waals surface area contributed by atoms with E-state index in [1.807, 2.05) is 37.3 Å². The first kappa shape index (κ1) is 31.8. The van der Waals surface area contributed by atoms with Crippen LogP contribution in [0.5, 0.6) is 11.5 Å². The van der Waals surface area contributed by atoms with Gasteiger partial charge in [0.1, 0.15) is 6.10 Å². The smallest absolute Gasteiger partial charge is 0.331 e. The number of hydrogen-bond donors (Lipinski definition) is 1. The van der Waals surface area contributed by atoms with Crippen molar-refractivity contribution in [2.45, 2.75) is 65.4 Å². The van der Waals surface area contributed by atoms with Crippen molar-refractivity contribution < 1.29 is 42.8 Å². The summed E-state index contributed by atoms with van der Waals surface area (Å²) >= 11 is 0. The van der Waals surface area contributed by atoms with Crippen molar-refractivity contribution in [1.82, 2.24) is 10.3 Å². The molecule has 3 rings (SSSR count). The number of aromatic nitrogens is 1. The van der Waals surface area contributed by atoms with Gasteiger partial charge in [0.2, 0.25) is 6.79 Å². The van der Waals surface area contributed by atoms with Gasteiger partial charge in [0.25, 0.3) is 5.91 Å². The molecule has 1 fully saturated rings. The highest BCUT2D eigenvalue weighted by atomic mass is 16.7. The van der Waals surface area contributed by atoms with Crippen molar-refractivity contribution in [1.29, 1.82) is 0 Å². The van der Waals surface area contributed by atoms with Crippen LogP contribution >= 0.6 is 0 Å². The molecular weight excluding hydrogens is 532 g/mol. The maximum atomic E-state index is 13.3. The minimum atomic E-state index is -1.11. The number of benzene rings is 1. The highest BCUT2D eigenvalue weighted by Gasteiger charge is 2.36. The van der Waals surface area contributed by atoms with Gasteiger partial charge in [0.15, 0.2) is 23.2 Å². The normalized spacial score (nSPS) is 21.2. The Hall–Kier alpha value is -3.70. The summed E-state index contributed by atoms with van der Waals surface area (Å²) in [7, 11) is 1.40. The molecule has 0 spiro atoms. The van der Waals surface area contributed by atoms with E-state index in [1.54, 1.807) is 0 Å². The van der Waals surface area contributed by atoms with Crippen LogP contribution < -0.4 is 14.8 Å². The van der Waals surface area contributed by atoms with E-state index in [4.69, 9.17) is 28.4 Å². The van der Waals surface area contributed by atoms with Crippen LogP contribution in [0.1, 0.15) is 56.6 Å². The lowest BCUT2D eigenvalue weighted by molar-refractivity contribution is -0.155. The van der Waals surface area contributed by atoms with Crippen molar-refractivity contribution in [2.75, 3.05) is 27.1 Å². The number of esters is 2. The molecule has 0 saturated carbocycles. The monoisotopic (exact) mass is 572 g/mol. The van der Waals surface area contributed by atoms with E-state index in [9.17, 15) is 14.4 Å². The van der Waals surface area contributed by atoms with E-state index >= 15 is 0 Å². The van der Waals surface area contributed by atoms with E-state index in [-0.39, 0.29) is 42.4 Å². The SMILES string of the molecule is COc1ccnc(C(=O)NC2COCC(OCc3ccccc3)C(CCC(C)C)C(C)OC2=O)c1OCOC(C)=O. The summed E-state index contributed by atoms with van der Waals surface area (Å²) < 4.78 is 33.7. The maximum absolute atomic E-state index is 13.3. The zero-order valence-corrected chi connectivity index (χ0v) is 24.3. The predicted molar refractivity (Wildman–Crippen MR) is 148 cm³/mol. The Morgan fingerprint density at radius 3 is 2.59 bits per heavy atom. The van der Waals surface area contributed by atoms with Gasteiger partial charge in [0.05, 0.1) is 33.0 Å². The Balaban J connectivity index is 1.76. The summed E-state index contributed by atoms with van der Waals surface area (Å²) in [6.45, 7) is 7.39. The van der Waals surface area contributed by atoms with E-state index in [0.717, 1.165) is 18.4 Å². The van der Waals surface area contributed by atoms with Gasteiger partial charge in [-0.25, -0.2) is 9.78 Å². The van der Waals surface area contributed by atoms with Crippen LogP contribution in [-0.2, 0) is 35.1 Å². The molecule has 1 aromatic carbocycles. The molecule has 2 heterocycles. The minimum Gasteiger partial charge on any atom is -0.493 e. The van der Waals surface area contributed by atoms with Gasteiger partial charge in [-0.05, 0) is 24.8 Å². The molecule has 4 atom stereocenters. The zero-order valence-electron chi connectivity index (χ0n) is 24.3. The Morgan fingerprint density at radius 2 is 1.90 bits per heavy atom. The fourth-order valence-corrected chi connectivity index (χ4v) is 4.44. The first-order valence-electron chi connectivity index (χ1n) is 13.7. The molecule has 1 N–H and O–H groups in total. The average molecular weight is 573 g/mol. The van der Waals surface area contributed by atoms with E-state index in [0.29, 0.717) is 12.5 Å².